The summed E-state index contributed by atoms with van der Waals surface area (Å²) >= 11 is 0. The van der Waals surface area contributed by atoms with Crippen molar-refractivity contribution in [3.8, 4) is 0 Å². The highest BCUT2D eigenvalue weighted by molar-refractivity contribution is 6.04. The Morgan fingerprint density at radius 3 is 2.33 bits per heavy atom. The van der Waals surface area contributed by atoms with E-state index in [1.54, 1.807) is 18.2 Å². The molecule has 0 atom stereocenters. The van der Waals surface area contributed by atoms with E-state index in [9.17, 15) is 18.0 Å². The number of benzene rings is 3. The molecule has 46 heavy (non-hydrogen) atoms. The molecular formula is C33H40F3N9O. The Hall–Kier alpha value is -4.88. The molecule has 0 aliphatic heterocycles. The number of unbranched alkanes of at least 4 members (excludes halogenated alkanes) is 1. The maximum Gasteiger partial charge on any atom is 0.416 e. The average molecular weight is 636 g/mol. The lowest BCUT2D eigenvalue weighted by Gasteiger charge is -2.18. The average Bonchev–Trinajstić information content (AvgIpc) is 3.05. The predicted molar refractivity (Wildman–Crippen MR) is 178 cm³/mol. The van der Waals surface area contributed by atoms with Crippen LogP contribution in [0.15, 0.2) is 79.1 Å². The Labute approximate surface area is 267 Å². The molecule has 4 rings (SSSR count). The second kappa shape index (κ2) is 16.4. The summed E-state index contributed by atoms with van der Waals surface area (Å²) in [6.07, 6.45) is -0.871. The van der Waals surface area contributed by atoms with Crippen LogP contribution in [0, 0.1) is 6.92 Å². The Kier molecular flexibility index (Phi) is 12.1. The lowest BCUT2D eigenvalue weighted by atomic mass is 10.1. The number of carbonyl (C=O) groups excluding carboxylic acids is 1. The van der Waals surface area contributed by atoms with E-state index in [0.717, 1.165) is 73.9 Å². The van der Waals surface area contributed by atoms with Gasteiger partial charge in [0, 0.05) is 23.9 Å². The molecular weight excluding hydrogens is 595 g/mol. The smallest absolute Gasteiger partial charge is 0.370 e. The summed E-state index contributed by atoms with van der Waals surface area (Å²) in [5.41, 5.74) is 11.6. The van der Waals surface area contributed by atoms with E-state index in [-0.39, 0.29) is 5.56 Å². The number of para-hydroxylation sites is 2. The Bertz CT molecular complexity index is 1580. The van der Waals surface area contributed by atoms with Gasteiger partial charge in [0.15, 0.2) is 0 Å². The number of hydrogen-bond acceptors (Lipinski definition) is 9. The van der Waals surface area contributed by atoms with Crippen molar-refractivity contribution in [3.63, 3.8) is 0 Å². The van der Waals surface area contributed by atoms with Crippen LogP contribution in [0.5, 0.6) is 0 Å². The van der Waals surface area contributed by atoms with E-state index in [0.29, 0.717) is 17.2 Å². The maximum atomic E-state index is 13.1. The molecule has 10 nitrogen and oxygen atoms in total. The van der Waals surface area contributed by atoms with Crippen molar-refractivity contribution in [1.82, 2.24) is 20.4 Å². The molecule has 1 aromatic heterocycles. The zero-order valence-electron chi connectivity index (χ0n) is 26.1. The summed E-state index contributed by atoms with van der Waals surface area (Å²) in [4.78, 5) is 23.8. The van der Waals surface area contributed by atoms with Gasteiger partial charge in [0.25, 0.3) is 5.91 Å². The quantitative estimate of drug-likeness (QED) is 0.0558. The third kappa shape index (κ3) is 10.1. The summed E-state index contributed by atoms with van der Waals surface area (Å²) in [6, 6.07) is 18.9. The van der Waals surface area contributed by atoms with Crippen molar-refractivity contribution < 1.29 is 18.0 Å². The zero-order valence-corrected chi connectivity index (χ0v) is 26.1. The number of alkyl halides is 3. The minimum Gasteiger partial charge on any atom is -0.370 e. The molecule has 0 bridgehead atoms. The van der Waals surface area contributed by atoms with Crippen molar-refractivity contribution >= 4 is 40.3 Å². The first-order valence-corrected chi connectivity index (χ1v) is 15.2. The molecule has 0 spiro atoms. The van der Waals surface area contributed by atoms with E-state index in [1.165, 1.54) is 18.5 Å². The van der Waals surface area contributed by atoms with Gasteiger partial charge in [-0.2, -0.15) is 13.2 Å². The van der Waals surface area contributed by atoms with Crippen LogP contribution < -0.4 is 32.3 Å². The number of aromatic nitrogens is 2. The van der Waals surface area contributed by atoms with E-state index >= 15 is 0 Å². The Morgan fingerprint density at radius 2 is 1.57 bits per heavy atom. The normalized spacial score (nSPS) is 11.3. The first kappa shape index (κ1) is 34.0. The fourth-order valence-electron chi connectivity index (χ4n) is 4.62. The summed E-state index contributed by atoms with van der Waals surface area (Å²) in [5, 5.41) is 9.34. The molecule has 0 aliphatic carbocycles. The van der Waals surface area contributed by atoms with Gasteiger partial charge in [-0.15, -0.1) is 5.53 Å². The van der Waals surface area contributed by atoms with Gasteiger partial charge in [0.1, 0.15) is 18.0 Å². The van der Waals surface area contributed by atoms with Gasteiger partial charge in [0.05, 0.1) is 22.6 Å². The second-order valence-electron chi connectivity index (χ2n) is 10.6. The number of nitrogens with zero attached hydrogens (tertiary/aromatic N) is 3. The van der Waals surface area contributed by atoms with Gasteiger partial charge < -0.3 is 31.7 Å². The van der Waals surface area contributed by atoms with Crippen molar-refractivity contribution in [1.29, 1.82) is 0 Å². The summed E-state index contributed by atoms with van der Waals surface area (Å²) < 4.78 is 39.2. The highest BCUT2D eigenvalue weighted by atomic mass is 19.4. The van der Waals surface area contributed by atoms with Crippen LogP contribution in [0.4, 0.5) is 47.6 Å². The summed E-state index contributed by atoms with van der Waals surface area (Å²) in [6.45, 7) is 10.3. The number of amides is 1. The van der Waals surface area contributed by atoms with Crippen molar-refractivity contribution in [3.05, 3.63) is 95.8 Å². The maximum absolute atomic E-state index is 13.1. The van der Waals surface area contributed by atoms with Gasteiger partial charge >= 0.3 is 6.18 Å². The number of halogens is 3. The Morgan fingerprint density at radius 1 is 0.826 bits per heavy atom. The molecule has 13 heteroatoms. The highest BCUT2D eigenvalue weighted by Gasteiger charge is 2.30. The number of hydrogen-bond donors (Lipinski definition) is 6. The first-order valence-electron chi connectivity index (χ1n) is 15.2. The van der Waals surface area contributed by atoms with Crippen LogP contribution in [0.25, 0.3) is 0 Å². The van der Waals surface area contributed by atoms with Crippen LogP contribution in [0.3, 0.4) is 0 Å². The Balaban J connectivity index is 1.32. The molecule has 3 aromatic carbocycles. The predicted octanol–water partition coefficient (Wildman–Crippen LogP) is 7.28. The molecule has 1 amide bonds. The number of anilines is 6. The number of rotatable bonds is 16. The topological polar surface area (TPSA) is 118 Å². The number of nitrogens with one attached hydrogen (secondary N) is 6. The van der Waals surface area contributed by atoms with Crippen LogP contribution in [-0.4, -0.2) is 47.0 Å². The van der Waals surface area contributed by atoms with Crippen molar-refractivity contribution in [2.75, 3.05) is 53.0 Å². The minimum absolute atomic E-state index is 0.0914. The molecule has 0 unspecified atom stereocenters. The first-order chi connectivity index (χ1) is 22.2. The fourth-order valence-corrected chi connectivity index (χ4v) is 4.62. The minimum atomic E-state index is -4.54. The third-order valence-corrected chi connectivity index (χ3v) is 7.30. The fraction of sp³-hybridized carbons (Fsp3) is 0.303. The molecule has 0 saturated heterocycles. The summed E-state index contributed by atoms with van der Waals surface area (Å²) in [5.74, 6) is 0.717. The molecule has 0 aliphatic rings. The van der Waals surface area contributed by atoms with Gasteiger partial charge in [0.2, 0.25) is 0 Å². The lowest BCUT2D eigenvalue weighted by molar-refractivity contribution is -0.137. The van der Waals surface area contributed by atoms with Crippen LogP contribution >= 0.6 is 0 Å². The number of carbonyl (C=O) groups is 1. The third-order valence-electron chi connectivity index (χ3n) is 7.30. The lowest BCUT2D eigenvalue weighted by Crippen LogP contribution is -2.29. The largest absolute Gasteiger partial charge is 0.416 e. The van der Waals surface area contributed by atoms with Gasteiger partial charge in [-0.05, 0) is 87.4 Å². The van der Waals surface area contributed by atoms with Crippen molar-refractivity contribution in [2.45, 2.75) is 39.8 Å². The molecule has 0 radical (unpaired) electrons. The SMILES string of the molecule is CCN(CC)CCCCNc1cc(Nc2ccccc2NNNc2cc(NC(=O)c3cccc(C(F)(F)F)c3)ccc2C)ncn1. The monoisotopic (exact) mass is 635 g/mol. The van der Waals surface area contributed by atoms with Crippen molar-refractivity contribution in [2.24, 2.45) is 0 Å². The standard InChI is InChI=1S/C33H40F3N9O/c1-4-45(5-2)18-9-8-17-37-30-21-31(39-22-38-30)41-27-13-6-7-14-28(27)42-44-43-29-20-26(16-15-23(29)3)40-32(46)24-11-10-12-25(19-24)33(34,35)36/h6-7,10-16,19-22,42-44H,4-5,8-9,17-18H2,1-3H3,(H,40,46)(H2,37,38,39,41). The van der Waals surface area contributed by atoms with E-state index in [2.05, 4.69) is 61.1 Å². The molecule has 6 N–H and O–H groups in total. The number of aryl methyl sites for hydroxylation is 1. The molecule has 0 fully saturated rings. The van der Waals surface area contributed by atoms with Crippen LogP contribution in [-0.2, 0) is 6.18 Å². The van der Waals surface area contributed by atoms with Gasteiger partial charge in [-0.1, -0.05) is 38.1 Å². The second-order valence-corrected chi connectivity index (χ2v) is 10.6. The molecule has 244 valence electrons. The molecule has 1 heterocycles. The number of hydrazine groups is 2. The highest BCUT2D eigenvalue weighted by Crippen LogP contribution is 2.30. The van der Waals surface area contributed by atoms with E-state index in [4.69, 9.17) is 0 Å². The van der Waals surface area contributed by atoms with Gasteiger partial charge in [-0.25, -0.2) is 9.97 Å². The van der Waals surface area contributed by atoms with E-state index < -0.39 is 17.6 Å². The molecule has 0 saturated carbocycles. The van der Waals surface area contributed by atoms with E-state index in [1.807, 2.05) is 37.3 Å². The summed E-state index contributed by atoms with van der Waals surface area (Å²) in [7, 11) is 0. The zero-order chi connectivity index (χ0) is 32.9. The van der Waals surface area contributed by atoms with Gasteiger partial charge in [-0.3, -0.25) is 4.79 Å². The van der Waals surface area contributed by atoms with Crippen LogP contribution in [0.2, 0.25) is 0 Å². The van der Waals surface area contributed by atoms with Crippen LogP contribution in [0.1, 0.15) is 48.2 Å². The molecule has 4 aromatic rings.